The predicted octanol–water partition coefficient (Wildman–Crippen LogP) is 4.83. The highest BCUT2D eigenvalue weighted by Crippen LogP contribution is 2.10. The molecule has 0 saturated heterocycles. The number of rotatable bonds is 0. The van der Waals surface area contributed by atoms with Crippen molar-refractivity contribution >= 4 is 0 Å². The second-order valence-electron chi connectivity index (χ2n) is 4.05. The van der Waals surface area contributed by atoms with E-state index in [0.29, 0.717) is 0 Å². The molecule has 14 heavy (non-hydrogen) atoms. The van der Waals surface area contributed by atoms with Crippen LogP contribution in [-0.2, 0) is 0 Å². The molecule has 0 aromatic rings. The first-order valence-corrected chi connectivity index (χ1v) is 6.12. The molecule has 0 spiro atoms. The van der Waals surface area contributed by atoms with E-state index in [1.165, 1.54) is 44.9 Å². The van der Waals surface area contributed by atoms with Gasteiger partial charge in [0.1, 0.15) is 0 Å². The summed E-state index contributed by atoms with van der Waals surface area (Å²) in [4.78, 5) is 0. The van der Waals surface area contributed by atoms with Crippen molar-refractivity contribution in [3.05, 3.63) is 30.7 Å². The predicted molar refractivity (Wildman–Crippen MR) is 64.1 cm³/mol. The van der Waals surface area contributed by atoms with Gasteiger partial charge in [-0.3, -0.25) is 0 Å². The van der Waals surface area contributed by atoms with Crippen molar-refractivity contribution in [3.8, 4) is 0 Å². The zero-order valence-corrected chi connectivity index (χ0v) is 9.25. The number of hydrogen-bond donors (Lipinski definition) is 0. The minimum absolute atomic E-state index is 1.12. The van der Waals surface area contributed by atoms with Gasteiger partial charge in [-0.25, -0.2) is 0 Å². The van der Waals surface area contributed by atoms with Gasteiger partial charge in [0, 0.05) is 0 Å². The van der Waals surface area contributed by atoms with Crippen LogP contribution in [-0.4, -0.2) is 0 Å². The Morgan fingerprint density at radius 1 is 0.500 bits per heavy atom. The van der Waals surface area contributed by atoms with E-state index >= 15 is 0 Å². The normalized spacial score (nSPS) is 26.3. The fourth-order valence-corrected chi connectivity index (χ4v) is 1.78. The second kappa shape index (κ2) is 9.05. The Morgan fingerprint density at radius 3 is 2.07 bits per heavy atom. The third-order valence-corrected chi connectivity index (χ3v) is 2.69. The van der Waals surface area contributed by atoms with Gasteiger partial charge < -0.3 is 0 Å². The van der Waals surface area contributed by atoms with Gasteiger partial charge in [-0.1, -0.05) is 50.0 Å². The van der Waals surface area contributed by atoms with Gasteiger partial charge in [-0.05, 0) is 38.5 Å². The van der Waals surface area contributed by atoms with Gasteiger partial charge in [0.25, 0.3) is 0 Å². The molecule has 1 aliphatic carbocycles. The molecule has 0 fully saturated rings. The number of allylic oxidation sites excluding steroid dienone is 4. The Kier molecular flexibility index (Phi) is 7.47. The molecule has 0 saturated carbocycles. The Labute approximate surface area is 89.1 Å². The van der Waals surface area contributed by atoms with Crippen molar-refractivity contribution < 1.29 is 0 Å². The summed E-state index contributed by atoms with van der Waals surface area (Å²) in [5.41, 5.74) is 0. The fourth-order valence-electron chi connectivity index (χ4n) is 1.78. The topological polar surface area (TPSA) is 0 Å². The first-order chi connectivity index (χ1) is 7.00. The third kappa shape index (κ3) is 6.94. The highest BCUT2D eigenvalue weighted by atomic mass is 14.0. The van der Waals surface area contributed by atoms with Crippen molar-refractivity contribution in [1.29, 1.82) is 0 Å². The lowest BCUT2D eigenvalue weighted by Gasteiger charge is -2.00. The van der Waals surface area contributed by atoms with Crippen LogP contribution in [0.4, 0.5) is 0 Å². The summed E-state index contributed by atoms with van der Waals surface area (Å²) in [5, 5.41) is 0. The highest BCUT2D eigenvalue weighted by molar-refractivity contribution is 4.94. The van der Waals surface area contributed by atoms with Gasteiger partial charge in [-0.15, -0.1) is 0 Å². The summed E-state index contributed by atoms with van der Waals surface area (Å²) < 4.78 is 0. The van der Waals surface area contributed by atoms with Gasteiger partial charge >= 0.3 is 0 Å². The lowest BCUT2D eigenvalue weighted by atomic mass is 10.1. The molecule has 0 atom stereocenters. The monoisotopic (exact) mass is 191 g/mol. The molecule has 0 amide bonds. The SMILES string of the molecule is [CH]1C/C=C\C/C=C/CCCCCCC1. The maximum Gasteiger partial charge on any atom is -0.0169 e. The second-order valence-corrected chi connectivity index (χ2v) is 4.05. The van der Waals surface area contributed by atoms with Crippen LogP contribution in [0.5, 0.6) is 0 Å². The molecule has 79 valence electrons. The smallest absolute Gasteiger partial charge is 0.0169 e. The van der Waals surface area contributed by atoms with Gasteiger partial charge in [0.05, 0.1) is 0 Å². The summed E-state index contributed by atoms with van der Waals surface area (Å²) >= 11 is 0. The summed E-state index contributed by atoms with van der Waals surface area (Å²) in [6.45, 7) is 0. The van der Waals surface area contributed by atoms with Crippen molar-refractivity contribution in [2.45, 2.75) is 57.8 Å². The molecule has 1 aliphatic rings. The minimum atomic E-state index is 1.12. The molecule has 1 rings (SSSR count). The van der Waals surface area contributed by atoms with Crippen LogP contribution in [0.3, 0.4) is 0 Å². The highest BCUT2D eigenvalue weighted by Gasteiger charge is 1.91. The molecule has 0 aromatic carbocycles. The average molecular weight is 191 g/mol. The van der Waals surface area contributed by atoms with Crippen LogP contribution < -0.4 is 0 Å². The molecule has 0 heterocycles. The van der Waals surface area contributed by atoms with E-state index in [2.05, 4.69) is 30.7 Å². The molecule has 0 aromatic heterocycles. The van der Waals surface area contributed by atoms with E-state index in [9.17, 15) is 0 Å². The maximum atomic E-state index is 2.41. The molecule has 0 unspecified atom stereocenters. The first kappa shape index (κ1) is 11.6. The van der Waals surface area contributed by atoms with Crippen LogP contribution in [0.2, 0.25) is 0 Å². The standard InChI is InChI=1S/C14H23/c1-2-4-6-8-10-12-14-13-11-9-7-5-3-1/h1-2,5-7H,3-4,8-14H2/b2-1-,7-5+. The van der Waals surface area contributed by atoms with Crippen molar-refractivity contribution in [2.75, 3.05) is 0 Å². The molecule has 1 radical (unpaired) electrons. The van der Waals surface area contributed by atoms with Gasteiger partial charge in [0.15, 0.2) is 0 Å². The van der Waals surface area contributed by atoms with Gasteiger partial charge in [-0.2, -0.15) is 0 Å². The number of hydrogen-bond acceptors (Lipinski definition) is 0. The molecule has 0 N–H and O–H groups in total. The van der Waals surface area contributed by atoms with Crippen LogP contribution in [0, 0.1) is 6.42 Å². The summed E-state index contributed by atoms with van der Waals surface area (Å²) in [7, 11) is 0. The molecule has 0 nitrogen and oxygen atoms in total. The zero-order chi connectivity index (χ0) is 9.90. The van der Waals surface area contributed by atoms with E-state index in [4.69, 9.17) is 0 Å². The Hall–Kier alpha value is -0.520. The largest absolute Gasteiger partial charge is 0.0882 e. The molecular formula is C14H23. The zero-order valence-electron chi connectivity index (χ0n) is 9.25. The van der Waals surface area contributed by atoms with Crippen LogP contribution in [0.15, 0.2) is 24.3 Å². The van der Waals surface area contributed by atoms with Crippen LogP contribution >= 0.6 is 0 Å². The van der Waals surface area contributed by atoms with Crippen molar-refractivity contribution in [3.63, 3.8) is 0 Å². The summed E-state index contributed by atoms with van der Waals surface area (Å²) in [6, 6.07) is 0. The Morgan fingerprint density at radius 2 is 1.14 bits per heavy atom. The van der Waals surface area contributed by atoms with E-state index in [1.807, 2.05) is 0 Å². The van der Waals surface area contributed by atoms with E-state index in [-0.39, 0.29) is 0 Å². The average Bonchev–Trinajstić information content (AvgIpc) is 2.22. The molecule has 0 aliphatic heterocycles. The minimum Gasteiger partial charge on any atom is -0.0882 e. The van der Waals surface area contributed by atoms with Crippen molar-refractivity contribution in [2.24, 2.45) is 0 Å². The third-order valence-electron chi connectivity index (χ3n) is 2.69. The molecular weight excluding hydrogens is 168 g/mol. The van der Waals surface area contributed by atoms with E-state index in [0.717, 1.165) is 12.8 Å². The van der Waals surface area contributed by atoms with Crippen molar-refractivity contribution in [1.82, 2.24) is 0 Å². The fraction of sp³-hybridized carbons (Fsp3) is 0.643. The molecule has 0 bridgehead atoms. The maximum absolute atomic E-state index is 2.41. The van der Waals surface area contributed by atoms with Crippen LogP contribution in [0.25, 0.3) is 0 Å². The first-order valence-electron chi connectivity index (χ1n) is 6.12. The lowest BCUT2D eigenvalue weighted by Crippen LogP contribution is -1.81. The summed E-state index contributed by atoms with van der Waals surface area (Å²) in [6.07, 6.45) is 23.5. The molecule has 0 heteroatoms. The van der Waals surface area contributed by atoms with E-state index < -0.39 is 0 Å². The van der Waals surface area contributed by atoms with Crippen LogP contribution in [0.1, 0.15) is 57.8 Å². The Balaban J connectivity index is 2.17. The quantitative estimate of drug-likeness (QED) is 0.481. The van der Waals surface area contributed by atoms with Gasteiger partial charge in [0.2, 0.25) is 0 Å². The summed E-state index contributed by atoms with van der Waals surface area (Å²) in [5.74, 6) is 0. The Bertz CT molecular complexity index is 147. The van der Waals surface area contributed by atoms with E-state index in [1.54, 1.807) is 0 Å². The lowest BCUT2D eigenvalue weighted by molar-refractivity contribution is 0.612.